The van der Waals surface area contributed by atoms with Crippen LogP contribution in [0.4, 0.5) is 11.4 Å². The third-order valence-corrected chi connectivity index (χ3v) is 4.22. The van der Waals surface area contributed by atoms with Crippen LogP contribution in [-0.4, -0.2) is 15.8 Å². The number of hydrogen-bond acceptors (Lipinski definition) is 5. The molecule has 0 spiro atoms. The molecule has 0 fully saturated rings. The molecule has 1 heterocycles. The van der Waals surface area contributed by atoms with Gasteiger partial charge in [-0.25, -0.2) is 0 Å². The second kappa shape index (κ2) is 8.88. The number of amides is 1. The van der Waals surface area contributed by atoms with Crippen LogP contribution in [-0.2, 0) is 11.3 Å². The molecular weight excluding hydrogens is 356 g/mol. The van der Waals surface area contributed by atoms with E-state index in [0.717, 1.165) is 16.8 Å². The molecule has 7 nitrogen and oxygen atoms in total. The van der Waals surface area contributed by atoms with Gasteiger partial charge >= 0.3 is 0 Å². The molecule has 0 unspecified atom stereocenters. The van der Waals surface area contributed by atoms with Crippen molar-refractivity contribution in [2.24, 2.45) is 0 Å². The van der Waals surface area contributed by atoms with Crippen LogP contribution in [0, 0.1) is 17.0 Å². The molecule has 0 aliphatic carbocycles. The second-order valence-corrected chi connectivity index (χ2v) is 6.31. The van der Waals surface area contributed by atoms with Gasteiger partial charge in [0.2, 0.25) is 5.91 Å². The number of carbonyl (C=O) groups is 1. The number of aryl methyl sites for hydroxylation is 1. The maximum Gasteiger partial charge on any atom is 0.293 e. The smallest absolute Gasteiger partial charge is 0.293 e. The molecule has 1 aromatic heterocycles. The third kappa shape index (κ3) is 4.77. The highest BCUT2D eigenvalue weighted by atomic mass is 16.6. The van der Waals surface area contributed by atoms with Gasteiger partial charge in [-0.3, -0.25) is 25.2 Å². The number of pyridine rings is 1. The maximum atomic E-state index is 13.0. The van der Waals surface area contributed by atoms with Crippen LogP contribution >= 0.6 is 0 Å². The summed E-state index contributed by atoms with van der Waals surface area (Å²) < 4.78 is 0. The average Bonchev–Trinajstić information content (AvgIpc) is 2.71. The minimum Gasteiger partial charge on any atom is -0.319 e. The quantitative estimate of drug-likeness (QED) is 0.483. The van der Waals surface area contributed by atoms with Gasteiger partial charge in [0.1, 0.15) is 11.7 Å². The summed E-state index contributed by atoms with van der Waals surface area (Å²) in [4.78, 5) is 28.1. The summed E-state index contributed by atoms with van der Waals surface area (Å²) in [6.07, 6.45) is 1.68. The molecular formula is C21H20N4O3. The molecule has 3 aromatic rings. The summed E-state index contributed by atoms with van der Waals surface area (Å²) in [5.41, 5.74) is 2.33. The molecule has 1 amide bonds. The van der Waals surface area contributed by atoms with Crippen LogP contribution in [0.1, 0.15) is 22.9 Å². The highest BCUT2D eigenvalue weighted by Gasteiger charge is 2.23. The highest BCUT2D eigenvalue weighted by molar-refractivity contribution is 5.97. The summed E-state index contributed by atoms with van der Waals surface area (Å²) in [5, 5.41) is 17.2. The number of anilines is 1. The van der Waals surface area contributed by atoms with E-state index in [9.17, 15) is 14.9 Å². The van der Waals surface area contributed by atoms with Gasteiger partial charge in [0.15, 0.2) is 0 Å². The van der Waals surface area contributed by atoms with E-state index in [1.54, 1.807) is 25.3 Å². The number of rotatable bonds is 7. The number of nitrogens with one attached hydrogen (secondary N) is 2. The van der Waals surface area contributed by atoms with Crippen molar-refractivity contribution in [2.75, 3.05) is 5.32 Å². The van der Waals surface area contributed by atoms with Crippen molar-refractivity contribution < 1.29 is 9.72 Å². The fourth-order valence-electron chi connectivity index (χ4n) is 2.82. The lowest BCUT2D eigenvalue weighted by atomic mass is 10.1. The monoisotopic (exact) mass is 376 g/mol. The minimum atomic E-state index is -0.691. The zero-order valence-corrected chi connectivity index (χ0v) is 15.3. The first-order valence-corrected chi connectivity index (χ1v) is 8.79. The van der Waals surface area contributed by atoms with E-state index in [0.29, 0.717) is 6.54 Å². The molecule has 0 aliphatic heterocycles. The molecule has 2 N–H and O–H groups in total. The highest BCUT2D eigenvalue weighted by Crippen LogP contribution is 2.26. The fourth-order valence-corrected chi connectivity index (χ4v) is 2.82. The number of benzene rings is 2. The lowest BCUT2D eigenvalue weighted by Crippen LogP contribution is -2.33. The van der Waals surface area contributed by atoms with E-state index in [-0.39, 0.29) is 17.3 Å². The number of aromatic nitrogens is 1. The van der Waals surface area contributed by atoms with Crippen molar-refractivity contribution in [1.82, 2.24) is 10.3 Å². The van der Waals surface area contributed by atoms with Crippen molar-refractivity contribution in [1.29, 1.82) is 0 Å². The standard InChI is InChI=1S/C21H20N4O3/c1-15-10-11-18(19(13-15)25(27)28)24-21(26)20(16-7-3-2-4-8-16)23-14-17-9-5-6-12-22-17/h2-13,20,23H,14H2,1H3,(H,24,26)/t20-/m1/s1. The topological polar surface area (TPSA) is 97.2 Å². The SMILES string of the molecule is Cc1ccc(NC(=O)[C@H](NCc2ccccn2)c2ccccc2)c([N+](=O)[O-])c1. The van der Waals surface area contributed by atoms with Gasteiger partial charge in [0, 0.05) is 18.8 Å². The number of carbonyl (C=O) groups excluding carboxylic acids is 1. The van der Waals surface area contributed by atoms with Crippen molar-refractivity contribution in [3.05, 3.63) is 99.9 Å². The van der Waals surface area contributed by atoms with Gasteiger partial charge in [-0.1, -0.05) is 42.5 Å². The predicted octanol–water partition coefficient (Wildman–Crippen LogP) is 3.77. The Morgan fingerprint density at radius 1 is 1.11 bits per heavy atom. The number of nitro groups is 1. The molecule has 1 atom stereocenters. The van der Waals surface area contributed by atoms with E-state index < -0.39 is 11.0 Å². The Labute approximate surface area is 162 Å². The Bertz CT molecular complexity index is 962. The molecule has 7 heteroatoms. The molecule has 3 rings (SSSR count). The van der Waals surface area contributed by atoms with Gasteiger partial charge in [-0.05, 0) is 36.2 Å². The third-order valence-electron chi connectivity index (χ3n) is 4.22. The van der Waals surface area contributed by atoms with E-state index >= 15 is 0 Å². The zero-order valence-electron chi connectivity index (χ0n) is 15.3. The Morgan fingerprint density at radius 2 is 1.86 bits per heavy atom. The summed E-state index contributed by atoms with van der Waals surface area (Å²) in [6, 6.07) is 18.8. The fraction of sp³-hybridized carbons (Fsp3) is 0.143. The van der Waals surface area contributed by atoms with Crippen molar-refractivity contribution in [3.8, 4) is 0 Å². The van der Waals surface area contributed by atoms with Gasteiger partial charge < -0.3 is 5.32 Å². The molecule has 28 heavy (non-hydrogen) atoms. The first-order valence-electron chi connectivity index (χ1n) is 8.79. The Hall–Kier alpha value is -3.58. The molecule has 0 aliphatic rings. The van der Waals surface area contributed by atoms with E-state index in [1.165, 1.54) is 6.07 Å². The van der Waals surface area contributed by atoms with Crippen LogP contribution in [0.2, 0.25) is 0 Å². The number of nitrogens with zero attached hydrogens (tertiary/aromatic N) is 2. The Kier molecular flexibility index (Phi) is 6.08. The van der Waals surface area contributed by atoms with Crippen LogP contribution < -0.4 is 10.6 Å². The first-order chi connectivity index (χ1) is 13.5. The zero-order chi connectivity index (χ0) is 19.9. The molecule has 0 radical (unpaired) electrons. The lowest BCUT2D eigenvalue weighted by Gasteiger charge is -2.19. The Morgan fingerprint density at radius 3 is 2.54 bits per heavy atom. The summed E-state index contributed by atoms with van der Waals surface area (Å²) in [5.74, 6) is -0.380. The summed E-state index contributed by atoms with van der Waals surface area (Å²) >= 11 is 0. The maximum absolute atomic E-state index is 13.0. The van der Waals surface area contributed by atoms with E-state index in [1.807, 2.05) is 48.5 Å². The Balaban J connectivity index is 1.84. The van der Waals surface area contributed by atoms with Crippen LogP contribution in [0.25, 0.3) is 0 Å². The summed E-state index contributed by atoms with van der Waals surface area (Å²) in [7, 11) is 0. The normalized spacial score (nSPS) is 11.6. The van der Waals surface area contributed by atoms with Gasteiger partial charge in [-0.2, -0.15) is 0 Å². The van der Waals surface area contributed by atoms with Gasteiger partial charge in [-0.15, -0.1) is 0 Å². The van der Waals surface area contributed by atoms with Gasteiger partial charge in [0.05, 0.1) is 10.6 Å². The number of hydrogen-bond donors (Lipinski definition) is 2. The van der Waals surface area contributed by atoms with E-state index in [4.69, 9.17) is 0 Å². The molecule has 0 bridgehead atoms. The molecule has 2 aromatic carbocycles. The predicted molar refractivity (Wildman–Crippen MR) is 107 cm³/mol. The summed E-state index contributed by atoms with van der Waals surface area (Å²) in [6.45, 7) is 2.14. The largest absolute Gasteiger partial charge is 0.319 e. The number of nitro benzene ring substituents is 1. The minimum absolute atomic E-state index is 0.134. The van der Waals surface area contributed by atoms with Crippen molar-refractivity contribution >= 4 is 17.3 Å². The van der Waals surface area contributed by atoms with Crippen LogP contribution in [0.3, 0.4) is 0 Å². The van der Waals surface area contributed by atoms with E-state index in [2.05, 4.69) is 15.6 Å². The van der Waals surface area contributed by atoms with Gasteiger partial charge in [0.25, 0.3) is 5.69 Å². The average molecular weight is 376 g/mol. The van der Waals surface area contributed by atoms with Crippen molar-refractivity contribution in [3.63, 3.8) is 0 Å². The molecule has 0 saturated carbocycles. The van der Waals surface area contributed by atoms with Crippen LogP contribution in [0.5, 0.6) is 0 Å². The van der Waals surface area contributed by atoms with Crippen molar-refractivity contribution in [2.45, 2.75) is 19.5 Å². The van der Waals surface area contributed by atoms with Crippen LogP contribution in [0.15, 0.2) is 72.9 Å². The molecule has 142 valence electrons. The molecule has 0 saturated heterocycles. The second-order valence-electron chi connectivity index (χ2n) is 6.31. The first kappa shape index (κ1) is 19.2. The lowest BCUT2D eigenvalue weighted by molar-refractivity contribution is -0.384.